The molecule has 0 radical (unpaired) electrons. The van der Waals surface area contributed by atoms with Gasteiger partial charge in [0, 0.05) is 27.6 Å². The highest BCUT2D eigenvalue weighted by Crippen LogP contribution is 2.48. The van der Waals surface area contributed by atoms with Crippen molar-refractivity contribution in [3.63, 3.8) is 0 Å². The topological polar surface area (TPSA) is 53.3 Å². The third-order valence-corrected chi connectivity index (χ3v) is 6.15. The van der Waals surface area contributed by atoms with Crippen LogP contribution >= 0.6 is 0 Å². The van der Waals surface area contributed by atoms with E-state index in [0.29, 0.717) is 0 Å². The second-order valence-corrected chi connectivity index (χ2v) is 7.55. The highest BCUT2D eigenvalue weighted by atomic mass is 16.5. The van der Waals surface area contributed by atoms with Gasteiger partial charge in [-0.1, -0.05) is 36.4 Å². The van der Waals surface area contributed by atoms with Crippen molar-refractivity contribution >= 4 is 43.7 Å². The zero-order valence-corrected chi connectivity index (χ0v) is 14.9. The third kappa shape index (κ3) is 1.58. The molecule has 5 aromatic rings. The number of nitrogens with zero attached hydrogens (tertiary/aromatic N) is 1. The van der Waals surface area contributed by atoms with E-state index < -0.39 is 0 Å². The van der Waals surface area contributed by atoms with Gasteiger partial charge in [-0.05, 0) is 36.4 Å². The van der Waals surface area contributed by atoms with Gasteiger partial charge >= 0.3 is 0 Å². The number of fused-ring (bicyclic) bond motifs is 11. The molecule has 0 saturated heterocycles. The standard InChI is InChI=1S/C24H16N2O2/c25-26-16-10-12-19-22(13-5-1-3-7-17(13)27-19)21(16)15-9-11-20-23(24(15)26)14-6-2-4-8-18(14)28-20/h1-13,17H,25H2. The fraction of sp³-hybridized carbons (Fsp3) is 0.0833. The molecule has 2 N–H and O–H groups in total. The fourth-order valence-corrected chi connectivity index (χ4v) is 4.98. The first-order valence-electron chi connectivity index (χ1n) is 9.49. The van der Waals surface area contributed by atoms with E-state index >= 15 is 0 Å². The molecule has 0 fully saturated rings. The number of hydrogen-bond acceptors (Lipinski definition) is 3. The Bertz CT molecular complexity index is 1520. The van der Waals surface area contributed by atoms with Gasteiger partial charge in [0.2, 0.25) is 0 Å². The van der Waals surface area contributed by atoms with Crippen LogP contribution in [-0.2, 0) is 0 Å². The van der Waals surface area contributed by atoms with Crippen molar-refractivity contribution < 1.29 is 9.15 Å². The number of allylic oxidation sites excluding steroid dienone is 2. The Balaban J connectivity index is 1.70. The minimum absolute atomic E-state index is 0.0558. The Kier molecular flexibility index (Phi) is 2.46. The maximum atomic E-state index is 6.66. The van der Waals surface area contributed by atoms with Crippen LogP contribution in [0.4, 0.5) is 0 Å². The molecule has 0 amide bonds. The highest BCUT2D eigenvalue weighted by molar-refractivity contribution is 6.24. The van der Waals surface area contributed by atoms with E-state index in [2.05, 4.69) is 48.6 Å². The first-order valence-corrected chi connectivity index (χ1v) is 9.49. The van der Waals surface area contributed by atoms with Gasteiger partial charge in [-0.25, -0.2) is 0 Å². The summed E-state index contributed by atoms with van der Waals surface area (Å²) in [5, 5.41) is 4.47. The van der Waals surface area contributed by atoms with Gasteiger partial charge in [0.15, 0.2) is 0 Å². The molecule has 2 unspecified atom stereocenters. The molecule has 2 atom stereocenters. The zero-order valence-electron chi connectivity index (χ0n) is 14.9. The van der Waals surface area contributed by atoms with Crippen LogP contribution in [0.3, 0.4) is 0 Å². The number of benzene rings is 3. The Labute approximate surface area is 160 Å². The minimum atomic E-state index is 0.0558. The van der Waals surface area contributed by atoms with E-state index in [1.165, 1.54) is 10.9 Å². The lowest BCUT2D eigenvalue weighted by Crippen LogP contribution is -2.15. The number of nitrogen functional groups attached to an aromatic ring is 1. The third-order valence-electron chi connectivity index (χ3n) is 6.15. The molecular formula is C24H16N2O2. The Morgan fingerprint density at radius 1 is 0.821 bits per heavy atom. The summed E-state index contributed by atoms with van der Waals surface area (Å²) in [6.45, 7) is 0. The summed E-state index contributed by atoms with van der Waals surface area (Å²) >= 11 is 0. The van der Waals surface area contributed by atoms with Gasteiger partial charge < -0.3 is 15.0 Å². The lowest BCUT2D eigenvalue weighted by Gasteiger charge is -2.14. The summed E-state index contributed by atoms with van der Waals surface area (Å²) in [5.74, 6) is 7.82. The van der Waals surface area contributed by atoms with Gasteiger partial charge in [-0.3, -0.25) is 4.68 Å². The molecule has 4 heteroatoms. The first-order chi connectivity index (χ1) is 13.8. The van der Waals surface area contributed by atoms with Crippen molar-refractivity contribution in [3.8, 4) is 5.75 Å². The van der Waals surface area contributed by atoms with Gasteiger partial charge in [-0.15, -0.1) is 0 Å². The summed E-state index contributed by atoms with van der Waals surface area (Å²) in [4.78, 5) is 0. The van der Waals surface area contributed by atoms with Crippen molar-refractivity contribution in [2.45, 2.75) is 12.0 Å². The summed E-state index contributed by atoms with van der Waals surface area (Å²) < 4.78 is 14.1. The molecule has 28 heavy (non-hydrogen) atoms. The van der Waals surface area contributed by atoms with Crippen molar-refractivity contribution in [1.82, 2.24) is 4.68 Å². The Morgan fingerprint density at radius 2 is 1.71 bits per heavy atom. The van der Waals surface area contributed by atoms with Crippen molar-refractivity contribution in [1.29, 1.82) is 0 Å². The second kappa shape index (κ2) is 4.78. The monoisotopic (exact) mass is 364 g/mol. The summed E-state index contributed by atoms with van der Waals surface area (Å²) in [7, 11) is 0. The van der Waals surface area contributed by atoms with Crippen LogP contribution in [0.25, 0.3) is 43.7 Å². The number of furan rings is 1. The van der Waals surface area contributed by atoms with Crippen molar-refractivity contribution in [2.24, 2.45) is 0 Å². The molecule has 0 bridgehead atoms. The molecule has 1 aliphatic heterocycles. The molecule has 1 aliphatic carbocycles. The number of nitrogens with two attached hydrogens (primary N) is 1. The van der Waals surface area contributed by atoms with Crippen LogP contribution in [0, 0.1) is 0 Å². The molecule has 0 saturated carbocycles. The zero-order chi connectivity index (χ0) is 18.4. The maximum absolute atomic E-state index is 6.66. The second-order valence-electron chi connectivity index (χ2n) is 7.55. The van der Waals surface area contributed by atoms with E-state index in [4.69, 9.17) is 15.0 Å². The fourth-order valence-electron chi connectivity index (χ4n) is 4.98. The first kappa shape index (κ1) is 14.4. The molecule has 7 rings (SSSR count). The predicted octanol–water partition coefficient (Wildman–Crippen LogP) is 5.38. The van der Waals surface area contributed by atoms with Gasteiger partial charge in [-0.2, -0.15) is 0 Å². The van der Waals surface area contributed by atoms with E-state index in [0.717, 1.165) is 44.1 Å². The summed E-state index contributed by atoms with van der Waals surface area (Å²) in [6, 6.07) is 16.4. The van der Waals surface area contributed by atoms with Crippen LogP contribution in [0.5, 0.6) is 5.75 Å². The van der Waals surface area contributed by atoms with Gasteiger partial charge in [0.1, 0.15) is 23.0 Å². The van der Waals surface area contributed by atoms with Crippen LogP contribution < -0.4 is 10.6 Å². The number of hydrogen-bond donors (Lipinski definition) is 1. The van der Waals surface area contributed by atoms with E-state index in [-0.39, 0.29) is 12.0 Å². The molecule has 134 valence electrons. The smallest absolute Gasteiger partial charge is 0.137 e. The molecular weight excluding hydrogens is 348 g/mol. The molecule has 0 spiro atoms. The van der Waals surface area contributed by atoms with Crippen LogP contribution in [0.1, 0.15) is 11.5 Å². The predicted molar refractivity (Wildman–Crippen MR) is 112 cm³/mol. The average Bonchev–Trinajstić information content (AvgIpc) is 3.37. The minimum Gasteiger partial charge on any atom is -0.485 e. The summed E-state index contributed by atoms with van der Waals surface area (Å²) in [6.07, 6.45) is 8.56. The quantitative estimate of drug-likeness (QED) is 0.375. The Morgan fingerprint density at radius 3 is 2.68 bits per heavy atom. The average molecular weight is 364 g/mol. The van der Waals surface area contributed by atoms with Crippen LogP contribution in [0.15, 0.2) is 77.3 Å². The molecule has 2 aromatic heterocycles. The van der Waals surface area contributed by atoms with Crippen molar-refractivity contribution in [2.75, 3.05) is 5.84 Å². The lowest BCUT2D eigenvalue weighted by molar-refractivity contribution is 0.269. The number of ether oxygens (including phenoxy) is 1. The molecule has 4 nitrogen and oxygen atoms in total. The van der Waals surface area contributed by atoms with E-state index in [9.17, 15) is 0 Å². The number of aromatic nitrogens is 1. The number of para-hydroxylation sites is 1. The summed E-state index contributed by atoms with van der Waals surface area (Å²) in [5.41, 5.74) is 4.98. The van der Waals surface area contributed by atoms with Crippen LogP contribution in [-0.4, -0.2) is 10.8 Å². The van der Waals surface area contributed by atoms with E-state index in [1.54, 1.807) is 0 Å². The maximum Gasteiger partial charge on any atom is 0.137 e. The molecule has 3 heterocycles. The molecule has 3 aromatic carbocycles. The SMILES string of the molecule is Nn1c2ccc3c(c2c2ccc4oc5ccccc5c4c21)C1C=CC=CC1O3. The lowest BCUT2D eigenvalue weighted by atomic mass is 9.89. The van der Waals surface area contributed by atoms with Crippen molar-refractivity contribution in [3.05, 3.63) is 78.4 Å². The number of rotatable bonds is 0. The largest absolute Gasteiger partial charge is 0.485 e. The molecule has 2 aliphatic rings. The van der Waals surface area contributed by atoms with E-state index in [1.807, 2.05) is 28.9 Å². The van der Waals surface area contributed by atoms with Gasteiger partial charge in [0.25, 0.3) is 0 Å². The van der Waals surface area contributed by atoms with Gasteiger partial charge in [0.05, 0.1) is 16.4 Å². The highest BCUT2D eigenvalue weighted by Gasteiger charge is 2.35. The Hall–Kier alpha value is -3.66. The normalized spacial score (nSPS) is 20.3. The van der Waals surface area contributed by atoms with Crippen LogP contribution in [0.2, 0.25) is 0 Å².